The molecular formula is C21H19F2N5O. The fourth-order valence-electron chi connectivity index (χ4n) is 3.14. The van der Waals surface area contributed by atoms with Crippen LogP contribution in [0.15, 0.2) is 54.7 Å². The van der Waals surface area contributed by atoms with Gasteiger partial charge < -0.3 is 16.0 Å². The lowest BCUT2D eigenvalue weighted by Gasteiger charge is -2.22. The highest BCUT2D eigenvalue weighted by Crippen LogP contribution is 2.33. The van der Waals surface area contributed by atoms with Crippen LogP contribution >= 0.6 is 0 Å². The molecule has 2 heterocycles. The summed E-state index contributed by atoms with van der Waals surface area (Å²) in [6, 6.07) is 12.0. The van der Waals surface area contributed by atoms with Crippen molar-refractivity contribution in [1.29, 1.82) is 0 Å². The fraction of sp³-hybridized carbons (Fsp3) is 0.143. The summed E-state index contributed by atoms with van der Waals surface area (Å²) in [7, 11) is 0. The number of nitrogens with zero attached hydrogens (tertiary/aromatic N) is 3. The SMILES string of the molecule is NCCC(=O)N1C=Cn2c(nc(-c3ccc(F)cc3)c2Nc2ccc(F)cc2)C1. The number of imidazole rings is 1. The van der Waals surface area contributed by atoms with Gasteiger partial charge in [0.25, 0.3) is 0 Å². The molecule has 1 aromatic heterocycles. The molecule has 2 aromatic carbocycles. The molecule has 0 bridgehead atoms. The van der Waals surface area contributed by atoms with Crippen LogP contribution in [0.25, 0.3) is 17.5 Å². The van der Waals surface area contributed by atoms with E-state index in [9.17, 15) is 13.6 Å². The molecule has 0 unspecified atom stereocenters. The van der Waals surface area contributed by atoms with Gasteiger partial charge in [0.1, 0.15) is 29.0 Å². The second-order valence-electron chi connectivity index (χ2n) is 6.59. The van der Waals surface area contributed by atoms with Crippen LogP contribution < -0.4 is 11.1 Å². The fourth-order valence-corrected chi connectivity index (χ4v) is 3.14. The molecule has 148 valence electrons. The van der Waals surface area contributed by atoms with Crippen molar-refractivity contribution in [3.05, 3.63) is 72.2 Å². The Kier molecular flexibility index (Phi) is 5.09. The van der Waals surface area contributed by atoms with Gasteiger partial charge in [0, 0.05) is 36.6 Å². The predicted octanol–water partition coefficient (Wildman–Crippen LogP) is 3.69. The maximum absolute atomic E-state index is 13.4. The lowest BCUT2D eigenvalue weighted by Crippen LogP contribution is -2.30. The number of aromatic nitrogens is 2. The number of amides is 1. The average molecular weight is 395 g/mol. The van der Waals surface area contributed by atoms with Crippen LogP contribution in [0.4, 0.5) is 20.3 Å². The summed E-state index contributed by atoms with van der Waals surface area (Å²) >= 11 is 0. The molecule has 0 aliphatic carbocycles. The minimum absolute atomic E-state index is 0.0885. The zero-order chi connectivity index (χ0) is 20.4. The molecule has 1 amide bonds. The van der Waals surface area contributed by atoms with E-state index in [-0.39, 0.29) is 37.1 Å². The van der Waals surface area contributed by atoms with Gasteiger partial charge in [0.15, 0.2) is 0 Å². The number of carbonyl (C=O) groups excluding carboxylic acids is 1. The van der Waals surface area contributed by atoms with Crippen LogP contribution in [0, 0.1) is 11.6 Å². The first-order chi connectivity index (χ1) is 14.0. The van der Waals surface area contributed by atoms with E-state index in [0.29, 0.717) is 28.6 Å². The van der Waals surface area contributed by atoms with Crippen molar-refractivity contribution in [1.82, 2.24) is 14.5 Å². The molecule has 4 rings (SSSR count). The Labute approximate surface area is 166 Å². The minimum atomic E-state index is -0.343. The standard InChI is InChI=1S/C21H19F2N5O/c22-15-3-1-14(2-4-15)20-21(25-17-7-5-16(23)6-8-17)28-12-11-27(13-18(28)26-20)19(29)9-10-24/h1-8,11-12,25H,9-10,13,24H2. The molecule has 8 heteroatoms. The zero-order valence-corrected chi connectivity index (χ0v) is 15.5. The van der Waals surface area contributed by atoms with Crippen LogP contribution in [-0.4, -0.2) is 26.9 Å². The van der Waals surface area contributed by atoms with Gasteiger partial charge in [-0.25, -0.2) is 13.8 Å². The summed E-state index contributed by atoms with van der Waals surface area (Å²) in [4.78, 5) is 18.4. The normalized spacial score (nSPS) is 12.7. The van der Waals surface area contributed by atoms with E-state index < -0.39 is 0 Å². The first-order valence-electron chi connectivity index (χ1n) is 9.12. The third-order valence-corrected chi connectivity index (χ3v) is 4.59. The van der Waals surface area contributed by atoms with Crippen molar-refractivity contribution in [3.8, 4) is 11.3 Å². The Morgan fingerprint density at radius 3 is 2.34 bits per heavy atom. The van der Waals surface area contributed by atoms with Gasteiger partial charge in [-0.15, -0.1) is 0 Å². The van der Waals surface area contributed by atoms with Gasteiger partial charge in [-0.2, -0.15) is 0 Å². The Bertz CT molecular complexity index is 1060. The Balaban J connectivity index is 1.75. The molecule has 1 aliphatic heterocycles. The Morgan fingerprint density at radius 2 is 1.69 bits per heavy atom. The number of hydrogen-bond donors (Lipinski definition) is 2. The molecule has 29 heavy (non-hydrogen) atoms. The third kappa shape index (κ3) is 3.88. The quantitative estimate of drug-likeness (QED) is 0.691. The maximum Gasteiger partial charge on any atom is 0.228 e. The molecule has 0 spiro atoms. The number of benzene rings is 2. The lowest BCUT2D eigenvalue weighted by molar-refractivity contribution is -0.129. The summed E-state index contributed by atoms with van der Waals surface area (Å²) in [5.74, 6) is 0.513. The van der Waals surface area contributed by atoms with E-state index in [1.165, 1.54) is 24.3 Å². The van der Waals surface area contributed by atoms with E-state index in [4.69, 9.17) is 5.73 Å². The molecule has 6 nitrogen and oxygen atoms in total. The first-order valence-corrected chi connectivity index (χ1v) is 9.12. The molecule has 0 saturated carbocycles. The Hall–Kier alpha value is -3.52. The van der Waals surface area contributed by atoms with E-state index in [0.717, 1.165) is 0 Å². The first kappa shape index (κ1) is 18.8. The minimum Gasteiger partial charge on any atom is -0.339 e. The van der Waals surface area contributed by atoms with E-state index >= 15 is 0 Å². The van der Waals surface area contributed by atoms with E-state index in [1.54, 1.807) is 41.6 Å². The molecule has 3 N–H and O–H groups in total. The Morgan fingerprint density at radius 1 is 1.03 bits per heavy atom. The smallest absolute Gasteiger partial charge is 0.228 e. The number of carbonyl (C=O) groups is 1. The van der Waals surface area contributed by atoms with Crippen molar-refractivity contribution >= 4 is 23.6 Å². The highest BCUT2D eigenvalue weighted by atomic mass is 19.1. The van der Waals surface area contributed by atoms with Gasteiger partial charge in [-0.3, -0.25) is 9.36 Å². The molecule has 0 saturated heterocycles. The molecule has 0 fully saturated rings. The molecule has 0 radical (unpaired) electrons. The lowest BCUT2D eigenvalue weighted by atomic mass is 10.1. The van der Waals surface area contributed by atoms with Crippen molar-refractivity contribution in [2.75, 3.05) is 11.9 Å². The number of fused-ring (bicyclic) bond motifs is 1. The number of anilines is 2. The number of nitrogens with one attached hydrogen (secondary N) is 1. The van der Waals surface area contributed by atoms with Crippen LogP contribution in [0.3, 0.4) is 0 Å². The highest BCUT2D eigenvalue weighted by molar-refractivity contribution is 5.81. The summed E-state index contributed by atoms with van der Waals surface area (Å²) in [5, 5.41) is 3.26. The average Bonchev–Trinajstić information content (AvgIpc) is 3.08. The predicted molar refractivity (Wildman–Crippen MR) is 107 cm³/mol. The topological polar surface area (TPSA) is 76.2 Å². The summed E-state index contributed by atoms with van der Waals surface area (Å²) < 4.78 is 28.5. The van der Waals surface area contributed by atoms with Crippen LogP contribution in [0.1, 0.15) is 12.2 Å². The number of rotatable bonds is 5. The van der Waals surface area contributed by atoms with Gasteiger partial charge in [-0.1, -0.05) is 0 Å². The summed E-state index contributed by atoms with van der Waals surface area (Å²) in [5.41, 5.74) is 7.47. The van der Waals surface area contributed by atoms with E-state index in [2.05, 4.69) is 10.3 Å². The van der Waals surface area contributed by atoms with Crippen LogP contribution in [0.2, 0.25) is 0 Å². The van der Waals surface area contributed by atoms with Crippen LogP contribution in [-0.2, 0) is 11.3 Å². The maximum atomic E-state index is 13.4. The van der Waals surface area contributed by atoms with Gasteiger partial charge in [0.2, 0.25) is 5.91 Å². The highest BCUT2D eigenvalue weighted by Gasteiger charge is 2.24. The number of halogens is 2. The number of hydrogen-bond acceptors (Lipinski definition) is 4. The van der Waals surface area contributed by atoms with Crippen molar-refractivity contribution in [2.45, 2.75) is 13.0 Å². The molecular weight excluding hydrogens is 376 g/mol. The van der Waals surface area contributed by atoms with Crippen LogP contribution in [0.5, 0.6) is 0 Å². The second-order valence-corrected chi connectivity index (χ2v) is 6.59. The molecule has 3 aromatic rings. The number of nitrogens with two attached hydrogens (primary N) is 1. The van der Waals surface area contributed by atoms with Gasteiger partial charge in [-0.05, 0) is 48.5 Å². The second kappa shape index (κ2) is 7.84. The zero-order valence-electron chi connectivity index (χ0n) is 15.5. The van der Waals surface area contributed by atoms with Gasteiger partial charge >= 0.3 is 0 Å². The largest absolute Gasteiger partial charge is 0.339 e. The van der Waals surface area contributed by atoms with Crippen molar-refractivity contribution < 1.29 is 13.6 Å². The van der Waals surface area contributed by atoms with Crippen molar-refractivity contribution in [3.63, 3.8) is 0 Å². The monoisotopic (exact) mass is 395 g/mol. The van der Waals surface area contributed by atoms with E-state index in [1.807, 2.05) is 4.57 Å². The van der Waals surface area contributed by atoms with Gasteiger partial charge in [0.05, 0.1) is 6.54 Å². The summed E-state index contributed by atoms with van der Waals surface area (Å²) in [6.45, 7) is 0.560. The third-order valence-electron chi connectivity index (χ3n) is 4.59. The molecule has 1 aliphatic rings. The molecule has 0 atom stereocenters. The van der Waals surface area contributed by atoms with Crippen molar-refractivity contribution in [2.24, 2.45) is 5.73 Å². The summed E-state index contributed by atoms with van der Waals surface area (Å²) in [6.07, 6.45) is 3.66.